The molecule has 4 rings (SSSR count). The minimum absolute atomic E-state index is 0. The fourth-order valence-corrected chi connectivity index (χ4v) is 3.64. The molecule has 2 unspecified atom stereocenters. The van der Waals surface area contributed by atoms with Crippen LogP contribution in [0.3, 0.4) is 0 Å². The number of carbonyl (C=O) groups is 1. The van der Waals surface area contributed by atoms with Crippen LogP contribution < -0.4 is 10.6 Å². The van der Waals surface area contributed by atoms with Crippen molar-refractivity contribution in [3.63, 3.8) is 0 Å². The average molecular weight is 369 g/mol. The second-order valence-corrected chi connectivity index (χ2v) is 6.30. The minimum atomic E-state index is 0. The molecule has 0 aliphatic carbocycles. The lowest BCUT2D eigenvalue weighted by Crippen LogP contribution is -2.48. The first kappa shape index (κ1) is 18.8. The lowest BCUT2D eigenvalue weighted by atomic mass is 9.99. The van der Waals surface area contributed by atoms with Gasteiger partial charge in [0.1, 0.15) is 0 Å². The van der Waals surface area contributed by atoms with Crippen molar-refractivity contribution >= 4 is 30.7 Å². The summed E-state index contributed by atoms with van der Waals surface area (Å²) in [4.78, 5) is 16.4. The molecule has 0 spiro atoms. The van der Waals surface area contributed by atoms with E-state index in [1.807, 2.05) is 35.0 Å². The summed E-state index contributed by atoms with van der Waals surface area (Å²) < 4.78 is 1.92. The quantitative estimate of drug-likeness (QED) is 0.875. The van der Waals surface area contributed by atoms with Crippen LogP contribution in [0.4, 0.5) is 0 Å². The third-order valence-electron chi connectivity index (χ3n) is 4.74. The number of nitrogens with zero attached hydrogens (tertiary/aromatic N) is 2. The summed E-state index contributed by atoms with van der Waals surface area (Å²) in [7, 11) is 0. The summed E-state index contributed by atoms with van der Waals surface area (Å²) in [5.74, 6) is 0.0310. The maximum Gasteiger partial charge on any atom is 0.251 e. The monoisotopic (exact) mass is 368 g/mol. The van der Waals surface area contributed by atoms with Crippen molar-refractivity contribution in [3.05, 3.63) is 48.5 Å². The van der Waals surface area contributed by atoms with Gasteiger partial charge in [0.05, 0.1) is 6.33 Å². The van der Waals surface area contributed by atoms with E-state index in [1.165, 1.54) is 12.8 Å². The van der Waals surface area contributed by atoms with Crippen LogP contribution >= 0.6 is 24.8 Å². The van der Waals surface area contributed by atoms with Gasteiger partial charge < -0.3 is 15.2 Å². The highest BCUT2D eigenvalue weighted by molar-refractivity contribution is 5.94. The highest BCUT2D eigenvalue weighted by Crippen LogP contribution is 2.26. The van der Waals surface area contributed by atoms with Gasteiger partial charge in [-0.3, -0.25) is 4.79 Å². The number of piperidine rings is 1. The highest BCUT2D eigenvalue weighted by atomic mass is 35.5. The van der Waals surface area contributed by atoms with Crippen LogP contribution in [-0.2, 0) is 0 Å². The Bertz CT molecular complexity index is 648. The van der Waals surface area contributed by atoms with Crippen LogP contribution in [0, 0.1) is 0 Å². The highest BCUT2D eigenvalue weighted by Gasteiger charge is 2.34. The molecule has 2 aromatic rings. The van der Waals surface area contributed by atoms with E-state index in [0.29, 0.717) is 18.1 Å². The molecule has 2 aliphatic rings. The van der Waals surface area contributed by atoms with Gasteiger partial charge >= 0.3 is 0 Å². The van der Waals surface area contributed by atoms with Gasteiger partial charge in [0.25, 0.3) is 5.91 Å². The first-order valence-corrected chi connectivity index (χ1v) is 7.93. The molecular formula is C17H22Cl2N4O. The number of rotatable bonds is 3. The molecule has 2 aliphatic heterocycles. The Morgan fingerprint density at radius 2 is 1.79 bits per heavy atom. The standard InChI is InChI=1S/C17H20N4O.2ClH/c22-17(20-15-9-13-3-4-14(10-15)19-13)12-1-5-16(6-2-12)21-8-7-18-11-21;;/h1-2,5-8,11,13-15,19H,3-4,9-10H2,(H,20,22);2*1H. The van der Waals surface area contributed by atoms with Crippen molar-refractivity contribution in [2.24, 2.45) is 0 Å². The summed E-state index contributed by atoms with van der Waals surface area (Å²) in [6, 6.07) is 9.13. The molecule has 1 aromatic carbocycles. The van der Waals surface area contributed by atoms with Crippen LogP contribution in [-0.4, -0.2) is 33.6 Å². The summed E-state index contributed by atoms with van der Waals surface area (Å²) in [5.41, 5.74) is 1.73. The van der Waals surface area contributed by atoms with Crippen molar-refractivity contribution in [1.82, 2.24) is 20.2 Å². The number of hydrogen-bond donors (Lipinski definition) is 2. The van der Waals surface area contributed by atoms with Crippen LogP contribution in [0.5, 0.6) is 0 Å². The predicted octanol–water partition coefficient (Wildman–Crippen LogP) is 2.73. The van der Waals surface area contributed by atoms with Crippen molar-refractivity contribution < 1.29 is 4.79 Å². The molecule has 5 nitrogen and oxygen atoms in total. The smallest absolute Gasteiger partial charge is 0.251 e. The zero-order chi connectivity index (χ0) is 14.9. The van der Waals surface area contributed by atoms with Gasteiger partial charge in [-0.05, 0) is 49.9 Å². The van der Waals surface area contributed by atoms with Gasteiger partial charge in [0.2, 0.25) is 0 Å². The van der Waals surface area contributed by atoms with Crippen LogP contribution in [0.25, 0.3) is 5.69 Å². The Kier molecular flexibility index (Phi) is 6.27. The van der Waals surface area contributed by atoms with E-state index in [1.54, 1.807) is 12.5 Å². The summed E-state index contributed by atoms with van der Waals surface area (Å²) >= 11 is 0. The van der Waals surface area contributed by atoms with Crippen LogP contribution in [0.2, 0.25) is 0 Å². The van der Waals surface area contributed by atoms with Gasteiger partial charge in [-0.1, -0.05) is 0 Å². The second kappa shape index (κ2) is 8.01. The molecule has 130 valence electrons. The molecule has 1 aromatic heterocycles. The van der Waals surface area contributed by atoms with Crippen LogP contribution in [0.1, 0.15) is 36.0 Å². The van der Waals surface area contributed by atoms with Gasteiger partial charge in [0, 0.05) is 41.8 Å². The molecule has 1 amide bonds. The van der Waals surface area contributed by atoms with Gasteiger partial charge in [-0.15, -0.1) is 24.8 Å². The average Bonchev–Trinajstić information content (AvgIpc) is 3.17. The van der Waals surface area contributed by atoms with E-state index in [2.05, 4.69) is 15.6 Å². The summed E-state index contributed by atoms with van der Waals surface area (Å²) in [5, 5.41) is 6.79. The van der Waals surface area contributed by atoms with E-state index >= 15 is 0 Å². The topological polar surface area (TPSA) is 59.0 Å². The Balaban J connectivity index is 0.00000104. The number of amides is 1. The first-order valence-electron chi connectivity index (χ1n) is 7.93. The number of imidazole rings is 1. The molecule has 0 radical (unpaired) electrons. The molecular weight excluding hydrogens is 347 g/mol. The van der Waals surface area contributed by atoms with Crippen molar-refractivity contribution in [3.8, 4) is 5.69 Å². The van der Waals surface area contributed by atoms with Crippen molar-refractivity contribution in [1.29, 1.82) is 0 Å². The molecule has 2 atom stereocenters. The number of fused-ring (bicyclic) bond motifs is 2. The molecule has 2 bridgehead atoms. The number of carbonyl (C=O) groups excluding carboxylic acids is 1. The fraction of sp³-hybridized carbons (Fsp3) is 0.412. The SMILES string of the molecule is Cl.Cl.O=C(NC1CC2CCC(C1)N2)c1ccc(-n2ccnc2)cc1. The van der Waals surface area contributed by atoms with E-state index in [9.17, 15) is 4.79 Å². The number of aromatic nitrogens is 2. The Hall–Kier alpha value is -1.56. The predicted molar refractivity (Wildman–Crippen MR) is 98.5 cm³/mol. The maximum atomic E-state index is 12.4. The molecule has 2 fully saturated rings. The summed E-state index contributed by atoms with van der Waals surface area (Å²) in [6.07, 6.45) is 9.98. The van der Waals surface area contributed by atoms with E-state index in [-0.39, 0.29) is 30.7 Å². The van der Waals surface area contributed by atoms with Crippen LogP contribution in [0.15, 0.2) is 43.0 Å². The Morgan fingerprint density at radius 1 is 1.12 bits per heavy atom. The number of halogens is 2. The molecule has 0 saturated carbocycles. The maximum absolute atomic E-state index is 12.4. The van der Waals surface area contributed by atoms with Gasteiger partial charge in [0.15, 0.2) is 0 Å². The lowest BCUT2D eigenvalue weighted by molar-refractivity contribution is 0.0924. The number of benzene rings is 1. The molecule has 3 heterocycles. The summed E-state index contributed by atoms with van der Waals surface area (Å²) in [6.45, 7) is 0. The lowest BCUT2D eigenvalue weighted by Gasteiger charge is -2.29. The van der Waals surface area contributed by atoms with Crippen molar-refractivity contribution in [2.45, 2.75) is 43.8 Å². The zero-order valence-corrected chi connectivity index (χ0v) is 14.9. The van der Waals surface area contributed by atoms with E-state index < -0.39 is 0 Å². The Morgan fingerprint density at radius 3 is 2.38 bits per heavy atom. The zero-order valence-electron chi connectivity index (χ0n) is 13.2. The molecule has 2 N–H and O–H groups in total. The number of hydrogen-bond acceptors (Lipinski definition) is 3. The normalized spacial score (nSPS) is 24.6. The molecule has 24 heavy (non-hydrogen) atoms. The number of nitrogens with one attached hydrogen (secondary N) is 2. The van der Waals surface area contributed by atoms with E-state index in [4.69, 9.17) is 0 Å². The largest absolute Gasteiger partial charge is 0.349 e. The first-order chi connectivity index (χ1) is 10.8. The van der Waals surface area contributed by atoms with E-state index in [0.717, 1.165) is 24.1 Å². The third kappa shape index (κ3) is 3.91. The fourth-order valence-electron chi connectivity index (χ4n) is 3.64. The Labute approximate surface area is 154 Å². The molecule has 7 heteroatoms. The molecule has 2 saturated heterocycles. The van der Waals surface area contributed by atoms with Gasteiger partial charge in [-0.2, -0.15) is 0 Å². The van der Waals surface area contributed by atoms with Crippen molar-refractivity contribution in [2.75, 3.05) is 0 Å². The minimum Gasteiger partial charge on any atom is -0.349 e. The van der Waals surface area contributed by atoms with Gasteiger partial charge in [-0.25, -0.2) is 4.98 Å². The second-order valence-electron chi connectivity index (χ2n) is 6.30. The third-order valence-corrected chi connectivity index (χ3v) is 4.74.